The molecule has 1 atom stereocenters. The Morgan fingerprint density at radius 3 is 2.42 bits per heavy atom. The predicted molar refractivity (Wildman–Crippen MR) is 103 cm³/mol. The number of hydrogen-bond acceptors (Lipinski definition) is 3. The topological polar surface area (TPSA) is 58.6 Å². The van der Waals surface area contributed by atoms with Gasteiger partial charge in [-0.2, -0.15) is 0 Å². The summed E-state index contributed by atoms with van der Waals surface area (Å²) in [6.07, 6.45) is 1.22. The molecule has 0 aliphatic heterocycles. The van der Waals surface area contributed by atoms with E-state index in [1.54, 1.807) is 19.2 Å². The van der Waals surface area contributed by atoms with Crippen molar-refractivity contribution in [2.45, 2.75) is 25.0 Å². The molecule has 0 aromatic heterocycles. The van der Waals surface area contributed by atoms with Gasteiger partial charge in [0.25, 0.3) is 5.91 Å². The first kappa shape index (κ1) is 18.5. The number of hydrogen-bond donors (Lipinski definition) is 1. The third kappa shape index (κ3) is 5.08. The fraction of sp³-hybridized carbons (Fsp3) is 0.300. The molecule has 1 unspecified atom stereocenters. The van der Waals surface area contributed by atoms with Crippen LogP contribution in [0.25, 0.3) is 0 Å². The summed E-state index contributed by atoms with van der Waals surface area (Å²) in [5.41, 5.74) is 0.745. The molecule has 5 nitrogen and oxygen atoms in total. The molecule has 0 radical (unpaired) electrons. The van der Waals surface area contributed by atoms with Crippen molar-refractivity contribution >= 4 is 27.7 Å². The van der Waals surface area contributed by atoms with Gasteiger partial charge in [0.2, 0.25) is 12.0 Å². The number of carbonyl (C=O) groups excluding carboxylic acids is 2. The smallest absolute Gasteiger partial charge is 0.268 e. The van der Waals surface area contributed by atoms with Crippen molar-refractivity contribution < 1.29 is 14.3 Å². The number of benzene rings is 2. The van der Waals surface area contributed by atoms with Crippen LogP contribution in [0.2, 0.25) is 0 Å². The molecule has 1 aliphatic carbocycles. The Hall–Kier alpha value is -2.34. The number of likely N-dealkylation sites (N-methyl/N-ethyl adjacent to an activating group) is 1. The molecule has 1 saturated carbocycles. The maximum atomic E-state index is 13.0. The van der Waals surface area contributed by atoms with Crippen LogP contribution in [0.15, 0.2) is 59.1 Å². The number of amides is 2. The van der Waals surface area contributed by atoms with Gasteiger partial charge in [-0.3, -0.25) is 9.59 Å². The highest BCUT2D eigenvalue weighted by Gasteiger charge is 2.29. The van der Waals surface area contributed by atoms with E-state index in [9.17, 15) is 9.59 Å². The van der Waals surface area contributed by atoms with E-state index < -0.39 is 6.10 Å². The normalized spacial score (nSPS) is 14.4. The summed E-state index contributed by atoms with van der Waals surface area (Å²) in [7, 11) is 1.62. The van der Waals surface area contributed by atoms with E-state index in [1.165, 1.54) is 4.90 Å². The van der Waals surface area contributed by atoms with Gasteiger partial charge in [-0.1, -0.05) is 46.3 Å². The minimum Gasteiger partial charge on any atom is -0.476 e. The maximum absolute atomic E-state index is 13.0. The molecule has 1 N–H and O–H groups in total. The van der Waals surface area contributed by atoms with Crippen LogP contribution in [0.3, 0.4) is 0 Å². The monoisotopic (exact) mass is 416 g/mol. The summed E-state index contributed by atoms with van der Waals surface area (Å²) in [5, 5.41) is 2.90. The lowest BCUT2D eigenvalue weighted by molar-refractivity contribution is -0.141. The minimum atomic E-state index is -0.809. The predicted octanol–water partition coefficient (Wildman–Crippen LogP) is 3.31. The Morgan fingerprint density at radius 2 is 1.81 bits per heavy atom. The average Bonchev–Trinajstić information content (AvgIpc) is 3.45. The Morgan fingerprint density at radius 1 is 1.15 bits per heavy atom. The summed E-state index contributed by atoms with van der Waals surface area (Å²) in [4.78, 5) is 26.4. The molecule has 26 heavy (non-hydrogen) atoms. The summed E-state index contributed by atoms with van der Waals surface area (Å²) >= 11 is 3.39. The van der Waals surface area contributed by atoms with Gasteiger partial charge in [0.05, 0.1) is 6.54 Å². The number of halogens is 1. The van der Waals surface area contributed by atoms with Crippen LogP contribution in [0.4, 0.5) is 0 Å². The summed E-state index contributed by atoms with van der Waals surface area (Å²) in [6, 6.07) is 16.9. The molecule has 0 saturated heterocycles. The molecule has 3 rings (SSSR count). The second-order valence-corrected chi connectivity index (χ2v) is 7.31. The van der Waals surface area contributed by atoms with E-state index in [2.05, 4.69) is 21.2 Å². The molecular weight excluding hydrogens is 396 g/mol. The quantitative estimate of drug-likeness (QED) is 0.752. The number of rotatable bonds is 7. The van der Waals surface area contributed by atoms with Crippen molar-refractivity contribution in [3.63, 3.8) is 0 Å². The first-order valence-corrected chi connectivity index (χ1v) is 9.34. The van der Waals surface area contributed by atoms with Crippen molar-refractivity contribution in [3.05, 3.63) is 64.6 Å². The minimum absolute atomic E-state index is 0.0162. The van der Waals surface area contributed by atoms with Gasteiger partial charge >= 0.3 is 0 Å². The van der Waals surface area contributed by atoms with Crippen LogP contribution < -0.4 is 10.1 Å². The summed E-state index contributed by atoms with van der Waals surface area (Å²) < 4.78 is 6.90. The molecule has 2 amide bonds. The SMILES string of the molecule is CN(CC(=O)NC1CC1)C(=O)C(Oc1ccc(Br)cc1)c1ccccc1. The lowest BCUT2D eigenvalue weighted by Gasteiger charge is -2.24. The summed E-state index contributed by atoms with van der Waals surface area (Å²) in [5.74, 6) is 0.190. The molecule has 0 bridgehead atoms. The molecule has 6 heteroatoms. The van der Waals surface area contributed by atoms with Crippen molar-refractivity contribution in [2.24, 2.45) is 0 Å². The largest absolute Gasteiger partial charge is 0.476 e. The van der Waals surface area contributed by atoms with Crippen molar-refractivity contribution in [1.29, 1.82) is 0 Å². The Balaban J connectivity index is 1.74. The van der Waals surface area contributed by atoms with E-state index in [0.29, 0.717) is 5.75 Å². The van der Waals surface area contributed by atoms with Crippen molar-refractivity contribution in [3.8, 4) is 5.75 Å². The van der Waals surface area contributed by atoms with Crippen molar-refractivity contribution in [1.82, 2.24) is 10.2 Å². The molecular formula is C20H21BrN2O3. The molecule has 1 aliphatic rings. The highest BCUT2D eigenvalue weighted by Crippen LogP contribution is 2.25. The number of nitrogens with one attached hydrogen (secondary N) is 1. The molecule has 136 valence electrons. The zero-order chi connectivity index (χ0) is 18.5. The van der Waals surface area contributed by atoms with Crippen molar-refractivity contribution in [2.75, 3.05) is 13.6 Å². The molecule has 1 fully saturated rings. The molecule has 0 heterocycles. The van der Waals surface area contributed by atoms with E-state index >= 15 is 0 Å². The number of carbonyl (C=O) groups is 2. The first-order chi connectivity index (χ1) is 12.5. The highest BCUT2D eigenvalue weighted by atomic mass is 79.9. The maximum Gasteiger partial charge on any atom is 0.268 e. The third-order valence-electron chi connectivity index (χ3n) is 4.09. The first-order valence-electron chi connectivity index (χ1n) is 8.54. The van der Waals surface area contributed by atoms with Crippen LogP contribution in [0, 0.1) is 0 Å². The van der Waals surface area contributed by atoms with E-state index in [4.69, 9.17) is 4.74 Å². The second kappa shape index (κ2) is 8.36. The Labute approximate surface area is 161 Å². The Kier molecular flexibility index (Phi) is 5.93. The standard InChI is InChI=1S/C20H21BrN2O3/c1-23(13-18(24)22-16-9-10-16)20(25)19(14-5-3-2-4-6-14)26-17-11-7-15(21)8-12-17/h2-8,11-12,16,19H,9-10,13H2,1H3,(H,22,24). The zero-order valence-electron chi connectivity index (χ0n) is 14.5. The molecule has 2 aromatic rings. The van der Waals surface area contributed by atoms with Crippen LogP contribution in [0.1, 0.15) is 24.5 Å². The van der Waals surface area contributed by atoms with Gasteiger partial charge in [-0.05, 0) is 37.1 Å². The highest BCUT2D eigenvalue weighted by molar-refractivity contribution is 9.10. The van der Waals surface area contributed by atoms with Crippen LogP contribution in [-0.4, -0.2) is 36.3 Å². The molecule has 0 spiro atoms. The van der Waals surface area contributed by atoms with Gasteiger partial charge < -0.3 is 15.0 Å². The van der Waals surface area contributed by atoms with E-state index in [1.807, 2.05) is 42.5 Å². The van der Waals surface area contributed by atoms with Gasteiger partial charge in [0.15, 0.2) is 0 Å². The van der Waals surface area contributed by atoms with Gasteiger partial charge in [-0.15, -0.1) is 0 Å². The lowest BCUT2D eigenvalue weighted by atomic mass is 10.1. The summed E-state index contributed by atoms with van der Waals surface area (Å²) in [6.45, 7) is 0.0162. The Bertz CT molecular complexity index is 760. The zero-order valence-corrected chi connectivity index (χ0v) is 16.1. The van der Waals surface area contributed by atoms with E-state index in [0.717, 1.165) is 22.9 Å². The van der Waals surface area contributed by atoms with Gasteiger partial charge in [0.1, 0.15) is 5.75 Å². The van der Waals surface area contributed by atoms with Gasteiger partial charge in [0, 0.05) is 23.1 Å². The van der Waals surface area contributed by atoms with Crippen LogP contribution >= 0.6 is 15.9 Å². The molecule has 2 aromatic carbocycles. The number of ether oxygens (including phenoxy) is 1. The van der Waals surface area contributed by atoms with Gasteiger partial charge in [-0.25, -0.2) is 0 Å². The van der Waals surface area contributed by atoms with Crippen LogP contribution in [0.5, 0.6) is 5.75 Å². The average molecular weight is 417 g/mol. The fourth-order valence-electron chi connectivity index (χ4n) is 2.53. The second-order valence-electron chi connectivity index (χ2n) is 6.40. The van der Waals surface area contributed by atoms with E-state index in [-0.39, 0.29) is 24.4 Å². The fourth-order valence-corrected chi connectivity index (χ4v) is 2.80. The van der Waals surface area contributed by atoms with Crippen LogP contribution in [-0.2, 0) is 9.59 Å². The number of nitrogens with zero attached hydrogens (tertiary/aromatic N) is 1. The lowest BCUT2D eigenvalue weighted by Crippen LogP contribution is -2.42. The third-order valence-corrected chi connectivity index (χ3v) is 4.62.